The summed E-state index contributed by atoms with van der Waals surface area (Å²) in [7, 11) is 0. The van der Waals surface area contributed by atoms with Crippen LogP contribution in [0.15, 0.2) is 24.3 Å². The molecule has 122 valence electrons. The number of para-hydroxylation sites is 1. The van der Waals surface area contributed by atoms with Gasteiger partial charge in [-0.3, -0.25) is 14.4 Å². The second-order valence-corrected chi connectivity index (χ2v) is 6.33. The maximum atomic E-state index is 12.7. The van der Waals surface area contributed by atoms with Crippen molar-refractivity contribution in [2.75, 3.05) is 18.0 Å². The highest BCUT2D eigenvalue weighted by atomic mass is 16.2. The van der Waals surface area contributed by atoms with Crippen molar-refractivity contribution in [2.45, 2.75) is 32.2 Å². The van der Waals surface area contributed by atoms with Gasteiger partial charge < -0.3 is 15.5 Å². The van der Waals surface area contributed by atoms with Crippen molar-refractivity contribution in [3.63, 3.8) is 0 Å². The normalized spacial score (nSPS) is 21.2. The van der Waals surface area contributed by atoms with E-state index in [1.165, 1.54) is 4.90 Å². The van der Waals surface area contributed by atoms with Gasteiger partial charge in [-0.05, 0) is 37.8 Å². The van der Waals surface area contributed by atoms with Gasteiger partial charge in [0.1, 0.15) is 0 Å². The molecular formula is C17H21N3O3. The van der Waals surface area contributed by atoms with Crippen LogP contribution in [0.1, 0.15) is 25.3 Å². The van der Waals surface area contributed by atoms with Gasteiger partial charge in [-0.1, -0.05) is 18.2 Å². The van der Waals surface area contributed by atoms with Crippen molar-refractivity contribution in [3.8, 4) is 0 Å². The number of anilines is 1. The molecule has 0 spiro atoms. The molecule has 0 bridgehead atoms. The lowest BCUT2D eigenvalue weighted by atomic mass is 9.96. The topological polar surface area (TPSA) is 83.7 Å². The molecule has 0 aromatic heterocycles. The molecule has 1 saturated heterocycles. The third-order valence-electron chi connectivity index (χ3n) is 4.79. The van der Waals surface area contributed by atoms with Crippen molar-refractivity contribution in [1.82, 2.24) is 4.90 Å². The van der Waals surface area contributed by atoms with Gasteiger partial charge in [0.2, 0.25) is 5.91 Å². The zero-order chi connectivity index (χ0) is 16.6. The second kappa shape index (κ2) is 6.02. The molecule has 0 aliphatic carbocycles. The number of likely N-dealkylation sites (tertiary alicyclic amines) is 1. The minimum absolute atomic E-state index is 0.0213. The van der Waals surface area contributed by atoms with Crippen molar-refractivity contribution >= 4 is 23.4 Å². The van der Waals surface area contributed by atoms with Crippen molar-refractivity contribution in [3.05, 3.63) is 29.8 Å². The zero-order valence-electron chi connectivity index (χ0n) is 13.2. The summed E-state index contributed by atoms with van der Waals surface area (Å²) >= 11 is 0. The Morgan fingerprint density at radius 2 is 1.74 bits per heavy atom. The molecule has 1 aromatic carbocycles. The molecule has 2 heterocycles. The predicted molar refractivity (Wildman–Crippen MR) is 85.6 cm³/mol. The number of fused-ring (bicyclic) bond motifs is 1. The van der Waals surface area contributed by atoms with Crippen LogP contribution in [-0.4, -0.2) is 41.8 Å². The van der Waals surface area contributed by atoms with Crippen LogP contribution in [0.25, 0.3) is 0 Å². The number of nitrogens with two attached hydrogens (primary N) is 1. The Bertz CT molecular complexity index is 650. The van der Waals surface area contributed by atoms with E-state index in [0.29, 0.717) is 25.9 Å². The number of piperidine rings is 1. The van der Waals surface area contributed by atoms with Crippen LogP contribution >= 0.6 is 0 Å². The molecule has 1 atom stereocenters. The largest absolute Gasteiger partial charge is 0.369 e. The Hall–Kier alpha value is -2.37. The minimum Gasteiger partial charge on any atom is -0.369 e. The van der Waals surface area contributed by atoms with Gasteiger partial charge in [-0.2, -0.15) is 0 Å². The van der Waals surface area contributed by atoms with Crippen LogP contribution in [0.5, 0.6) is 0 Å². The summed E-state index contributed by atoms with van der Waals surface area (Å²) in [6, 6.07) is 7.66. The van der Waals surface area contributed by atoms with Crippen molar-refractivity contribution in [1.29, 1.82) is 0 Å². The first-order chi connectivity index (χ1) is 11.0. The third kappa shape index (κ3) is 2.81. The Morgan fingerprint density at radius 1 is 1.09 bits per heavy atom. The number of hydrogen-bond donors (Lipinski definition) is 1. The lowest BCUT2D eigenvalue weighted by molar-refractivity contribution is -0.146. The van der Waals surface area contributed by atoms with E-state index in [-0.39, 0.29) is 17.9 Å². The standard InChI is InChI=1S/C17H21N3O3/c1-11-10-13-4-2-3-5-14(13)20(11)17(23)16(22)19-8-6-12(7-9-19)15(18)21/h2-5,11-12H,6-10H2,1H3,(H2,18,21). The van der Waals surface area contributed by atoms with Crippen molar-refractivity contribution < 1.29 is 14.4 Å². The fourth-order valence-corrected chi connectivity index (χ4v) is 3.48. The Labute approximate surface area is 135 Å². The molecule has 0 saturated carbocycles. The Balaban J connectivity index is 1.71. The highest BCUT2D eigenvalue weighted by Crippen LogP contribution is 2.32. The van der Waals surface area contributed by atoms with E-state index in [0.717, 1.165) is 17.7 Å². The quantitative estimate of drug-likeness (QED) is 0.774. The predicted octanol–water partition coefficient (Wildman–Crippen LogP) is 0.688. The fraction of sp³-hybridized carbons (Fsp3) is 0.471. The average molecular weight is 315 g/mol. The number of primary amides is 1. The summed E-state index contributed by atoms with van der Waals surface area (Å²) < 4.78 is 0. The van der Waals surface area contributed by atoms with Gasteiger partial charge in [-0.15, -0.1) is 0 Å². The Kier molecular flexibility index (Phi) is 4.07. The monoisotopic (exact) mass is 315 g/mol. The molecule has 3 rings (SSSR count). The SMILES string of the molecule is CC1Cc2ccccc2N1C(=O)C(=O)N1CCC(C(N)=O)CC1. The number of carbonyl (C=O) groups excluding carboxylic acids is 3. The molecule has 6 heteroatoms. The van der Waals surface area contributed by atoms with Crippen LogP contribution in [0, 0.1) is 5.92 Å². The van der Waals surface area contributed by atoms with Gasteiger partial charge >= 0.3 is 11.8 Å². The summed E-state index contributed by atoms with van der Waals surface area (Å²) in [5.41, 5.74) is 7.22. The Morgan fingerprint density at radius 3 is 2.39 bits per heavy atom. The van der Waals surface area contributed by atoms with Crippen LogP contribution in [0.2, 0.25) is 0 Å². The lowest BCUT2D eigenvalue weighted by Gasteiger charge is -2.32. The van der Waals surface area contributed by atoms with Gasteiger partial charge in [0.25, 0.3) is 0 Å². The molecule has 1 unspecified atom stereocenters. The van der Waals surface area contributed by atoms with E-state index < -0.39 is 11.8 Å². The fourth-order valence-electron chi connectivity index (χ4n) is 3.48. The van der Waals surface area contributed by atoms with Crippen LogP contribution in [0.3, 0.4) is 0 Å². The van der Waals surface area contributed by atoms with E-state index in [1.54, 1.807) is 4.90 Å². The molecule has 3 amide bonds. The van der Waals surface area contributed by atoms with Gasteiger partial charge in [0.05, 0.1) is 0 Å². The molecule has 2 aliphatic heterocycles. The second-order valence-electron chi connectivity index (χ2n) is 6.33. The molecular weight excluding hydrogens is 294 g/mol. The minimum atomic E-state index is -0.489. The number of benzene rings is 1. The first-order valence-corrected chi connectivity index (χ1v) is 7.98. The highest BCUT2D eigenvalue weighted by molar-refractivity contribution is 6.40. The molecule has 23 heavy (non-hydrogen) atoms. The highest BCUT2D eigenvalue weighted by Gasteiger charge is 2.37. The third-order valence-corrected chi connectivity index (χ3v) is 4.79. The molecule has 1 fully saturated rings. The average Bonchev–Trinajstić information content (AvgIpc) is 2.89. The number of amides is 3. The zero-order valence-corrected chi connectivity index (χ0v) is 13.2. The van der Waals surface area contributed by atoms with Crippen LogP contribution in [-0.2, 0) is 20.8 Å². The van der Waals surface area contributed by atoms with E-state index in [2.05, 4.69) is 0 Å². The van der Waals surface area contributed by atoms with E-state index in [1.807, 2.05) is 31.2 Å². The van der Waals surface area contributed by atoms with Gasteiger partial charge in [0, 0.05) is 30.7 Å². The summed E-state index contributed by atoms with van der Waals surface area (Å²) in [6.07, 6.45) is 1.82. The van der Waals surface area contributed by atoms with Gasteiger partial charge in [-0.25, -0.2) is 0 Å². The molecule has 0 radical (unpaired) electrons. The summed E-state index contributed by atoms with van der Waals surface area (Å²) in [4.78, 5) is 39.5. The maximum Gasteiger partial charge on any atom is 0.316 e. The molecule has 1 aromatic rings. The van der Waals surface area contributed by atoms with E-state index >= 15 is 0 Å². The van der Waals surface area contributed by atoms with Crippen molar-refractivity contribution in [2.24, 2.45) is 11.7 Å². The summed E-state index contributed by atoms with van der Waals surface area (Å²) in [6.45, 7) is 2.76. The molecule has 2 aliphatic rings. The van der Waals surface area contributed by atoms with E-state index in [4.69, 9.17) is 5.73 Å². The lowest BCUT2D eigenvalue weighted by Crippen LogP contribution is -2.50. The molecule has 2 N–H and O–H groups in total. The number of carbonyl (C=O) groups is 3. The summed E-state index contributed by atoms with van der Waals surface area (Å²) in [5.74, 6) is -1.50. The van der Waals surface area contributed by atoms with Gasteiger partial charge in [0.15, 0.2) is 0 Å². The first-order valence-electron chi connectivity index (χ1n) is 7.98. The maximum absolute atomic E-state index is 12.7. The van der Waals surface area contributed by atoms with Crippen LogP contribution in [0.4, 0.5) is 5.69 Å². The number of rotatable bonds is 1. The first kappa shape index (κ1) is 15.5. The molecule has 6 nitrogen and oxygen atoms in total. The van der Waals surface area contributed by atoms with E-state index in [9.17, 15) is 14.4 Å². The van der Waals surface area contributed by atoms with Crippen LogP contribution < -0.4 is 10.6 Å². The smallest absolute Gasteiger partial charge is 0.316 e. The number of hydrogen-bond acceptors (Lipinski definition) is 3. The summed E-state index contributed by atoms with van der Waals surface area (Å²) in [5, 5.41) is 0. The number of nitrogens with zero attached hydrogens (tertiary/aromatic N) is 2.